The number of anilines is 3. The highest BCUT2D eigenvalue weighted by Crippen LogP contribution is 2.19. The van der Waals surface area contributed by atoms with Crippen molar-refractivity contribution < 1.29 is 16.8 Å². The molecular weight excluding hydrogens is 326 g/mol. The molecule has 0 aliphatic heterocycles. The summed E-state index contributed by atoms with van der Waals surface area (Å²) in [6.45, 7) is 0. The highest BCUT2D eigenvalue weighted by atomic mass is 32.2. The van der Waals surface area contributed by atoms with Crippen molar-refractivity contribution in [2.75, 3.05) is 21.4 Å². The Hall–Kier alpha value is -2.26. The molecule has 118 valence electrons. The van der Waals surface area contributed by atoms with E-state index in [1.165, 1.54) is 48.5 Å². The molecule has 2 rings (SSSR count). The van der Waals surface area contributed by atoms with Gasteiger partial charge < -0.3 is 5.73 Å². The molecule has 0 saturated carbocycles. The summed E-state index contributed by atoms with van der Waals surface area (Å²) >= 11 is 0. The second kappa shape index (κ2) is 5.85. The Balaban J connectivity index is 2.18. The summed E-state index contributed by atoms with van der Waals surface area (Å²) in [5.74, 6) is 0. The van der Waals surface area contributed by atoms with Gasteiger partial charge in [0.15, 0.2) is 0 Å². The molecule has 7 nitrogen and oxygen atoms in total. The Morgan fingerprint density at radius 2 is 1.23 bits per heavy atom. The Bertz CT molecular complexity index is 859. The fourth-order valence-corrected chi connectivity index (χ4v) is 3.30. The number of rotatable bonds is 5. The largest absolute Gasteiger partial charge is 0.399 e. The number of nitrogens with two attached hydrogens (primary N) is 1. The summed E-state index contributed by atoms with van der Waals surface area (Å²) in [5, 5.41) is 0. The lowest BCUT2D eigenvalue weighted by Crippen LogP contribution is -2.13. The number of nitrogen functional groups attached to an aromatic ring is 1. The van der Waals surface area contributed by atoms with Gasteiger partial charge in [-0.1, -0.05) is 0 Å². The standard InChI is InChI=1S/C13H15N3O4S2/c1-21(17,18)15-11-4-6-12(7-5-11)16-22(19,20)13-8-2-10(14)3-9-13/h2-9,15-16H,14H2,1H3. The molecule has 9 heteroatoms. The van der Waals surface area contributed by atoms with Crippen molar-refractivity contribution in [2.45, 2.75) is 4.90 Å². The molecule has 0 atom stereocenters. The zero-order valence-corrected chi connectivity index (χ0v) is 13.3. The molecule has 4 N–H and O–H groups in total. The molecule has 22 heavy (non-hydrogen) atoms. The number of hydrogen-bond donors (Lipinski definition) is 3. The van der Waals surface area contributed by atoms with Gasteiger partial charge in [-0.05, 0) is 48.5 Å². The summed E-state index contributed by atoms with van der Waals surface area (Å²) in [5.41, 5.74) is 6.65. The lowest BCUT2D eigenvalue weighted by atomic mass is 10.3. The number of sulfonamides is 2. The van der Waals surface area contributed by atoms with E-state index in [2.05, 4.69) is 9.44 Å². The van der Waals surface area contributed by atoms with Gasteiger partial charge in [-0.15, -0.1) is 0 Å². The molecule has 2 aromatic carbocycles. The molecular formula is C13H15N3O4S2. The topological polar surface area (TPSA) is 118 Å². The molecule has 0 saturated heterocycles. The van der Waals surface area contributed by atoms with Gasteiger partial charge in [0.1, 0.15) is 0 Å². The van der Waals surface area contributed by atoms with Gasteiger partial charge in [-0.2, -0.15) is 0 Å². The van der Waals surface area contributed by atoms with Crippen LogP contribution in [0.3, 0.4) is 0 Å². The molecule has 0 spiro atoms. The fraction of sp³-hybridized carbons (Fsp3) is 0.0769. The lowest BCUT2D eigenvalue weighted by molar-refractivity contribution is 0.600. The first-order valence-electron chi connectivity index (χ1n) is 6.12. The van der Waals surface area contributed by atoms with Crippen molar-refractivity contribution in [1.29, 1.82) is 0 Å². The van der Waals surface area contributed by atoms with Gasteiger partial charge in [0, 0.05) is 17.1 Å². The Kier molecular flexibility index (Phi) is 4.29. The maximum atomic E-state index is 12.2. The Labute approximate surface area is 129 Å². The van der Waals surface area contributed by atoms with Crippen molar-refractivity contribution in [2.24, 2.45) is 0 Å². The minimum Gasteiger partial charge on any atom is -0.399 e. The summed E-state index contributed by atoms with van der Waals surface area (Å²) < 4.78 is 51.2. The zero-order chi connectivity index (χ0) is 16.4. The maximum absolute atomic E-state index is 12.2. The average Bonchev–Trinajstić information content (AvgIpc) is 2.39. The van der Waals surface area contributed by atoms with E-state index < -0.39 is 20.0 Å². The van der Waals surface area contributed by atoms with Crippen LogP contribution < -0.4 is 15.2 Å². The van der Waals surface area contributed by atoms with E-state index in [0.29, 0.717) is 17.1 Å². The first kappa shape index (κ1) is 16.1. The van der Waals surface area contributed by atoms with E-state index >= 15 is 0 Å². The highest BCUT2D eigenvalue weighted by Gasteiger charge is 2.13. The maximum Gasteiger partial charge on any atom is 0.261 e. The van der Waals surface area contributed by atoms with Crippen LogP contribution in [-0.4, -0.2) is 23.1 Å². The molecule has 0 amide bonds. The van der Waals surface area contributed by atoms with Crippen LogP contribution >= 0.6 is 0 Å². The van der Waals surface area contributed by atoms with Crippen molar-refractivity contribution in [1.82, 2.24) is 0 Å². The molecule has 0 radical (unpaired) electrons. The minimum absolute atomic E-state index is 0.0834. The van der Waals surface area contributed by atoms with Crippen molar-refractivity contribution in [3.05, 3.63) is 48.5 Å². The predicted octanol–water partition coefficient (Wildman–Crippen LogP) is 1.44. The second-order valence-electron chi connectivity index (χ2n) is 4.63. The average molecular weight is 341 g/mol. The van der Waals surface area contributed by atoms with E-state index in [0.717, 1.165) is 6.26 Å². The Morgan fingerprint density at radius 1 is 0.773 bits per heavy atom. The number of nitrogens with one attached hydrogen (secondary N) is 2. The lowest BCUT2D eigenvalue weighted by Gasteiger charge is -2.09. The van der Waals surface area contributed by atoms with Crippen molar-refractivity contribution >= 4 is 37.1 Å². The van der Waals surface area contributed by atoms with Crippen molar-refractivity contribution in [3.8, 4) is 0 Å². The molecule has 0 aliphatic rings. The zero-order valence-electron chi connectivity index (χ0n) is 11.6. The molecule has 2 aromatic rings. The quantitative estimate of drug-likeness (QED) is 0.711. The third-order valence-electron chi connectivity index (χ3n) is 2.63. The molecule has 0 bridgehead atoms. The van der Waals surface area contributed by atoms with Gasteiger partial charge in [0.05, 0.1) is 11.2 Å². The second-order valence-corrected chi connectivity index (χ2v) is 8.06. The van der Waals surface area contributed by atoms with Gasteiger partial charge in [0.2, 0.25) is 10.0 Å². The Morgan fingerprint density at radius 3 is 1.68 bits per heavy atom. The van der Waals surface area contributed by atoms with Crippen LogP contribution in [0.2, 0.25) is 0 Å². The van der Waals surface area contributed by atoms with Crippen LogP contribution in [0.25, 0.3) is 0 Å². The van der Waals surface area contributed by atoms with E-state index in [4.69, 9.17) is 5.73 Å². The van der Waals surface area contributed by atoms with Gasteiger partial charge in [-0.3, -0.25) is 9.44 Å². The third-order valence-corrected chi connectivity index (χ3v) is 4.63. The molecule has 0 unspecified atom stereocenters. The van der Waals surface area contributed by atoms with Crippen LogP contribution in [-0.2, 0) is 20.0 Å². The molecule has 0 aliphatic carbocycles. The highest BCUT2D eigenvalue weighted by molar-refractivity contribution is 7.92. The summed E-state index contributed by atoms with van der Waals surface area (Å²) in [4.78, 5) is 0.0834. The van der Waals surface area contributed by atoms with Crippen LogP contribution in [0.15, 0.2) is 53.4 Å². The van der Waals surface area contributed by atoms with Crippen LogP contribution in [0.5, 0.6) is 0 Å². The van der Waals surface area contributed by atoms with E-state index in [1.54, 1.807) is 0 Å². The third kappa shape index (κ3) is 4.37. The number of hydrogen-bond acceptors (Lipinski definition) is 5. The molecule has 0 fully saturated rings. The normalized spacial score (nSPS) is 11.9. The predicted molar refractivity (Wildman–Crippen MR) is 86.6 cm³/mol. The molecule has 0 heterocycles. The van der Waals surface area contributed by atoms with Gasteiger partial charge >= 0.3 is 0 Å². The van der Waals surface area contributed by atoms with E-state index in [-0.39, 0.29) is 4.90 Å². The van der Waals surface area contributed by atoms with E-state index in [1.807, 2.05) is 0 Å². The summed E-state index contributed by atoms with van der Waals surface area (Å²) in [6, 6.07) is 11.6. The molecule has 0 aromatic heterocycles. The summed E-state index contributed by atoms with van der Waals surface area (Å²) in [6.07, 6.45) is 1.03. The van der Waals surface area contributed by atoms with E-state index in [9.17, 15) is 16.8 Å². The minimum atomic E-state index is -3.72. The first-order chi connectivity index (χ1) is 10.2. The van der Waals surface area contributed by atoms with Crippen LogP contribution in [0, 0.1) is 0 Å². The van der Waals surface area contributed by atoms with Crippen molar-refractivity contribution in [3.63, 3.8) is 0 Å². The van der Waals surface area contributed by atoms with Gasteiger partial charge in [-0.25, -0.2) is 16.8 Å². The number of benzene rings is 2. The van der Waals surface area contributed by atoms with Crippen LogP contribution in [0.4, 0.5) is 17.1 Å². The van der Waals surface area contributed by atoms with Gasteiger partial charge in [0.25, 0.3) is 10.0 Å². The smallest absolute Gasteiger partial charge is 0.261 e. The SMILES string of the molecule is CS(=O)(=O)Nc1ccc(NS(=O)(=O)c2ccc(N)cc2)cc1. The van der Waals surface area contributed by atoms with Crippen LogP contribution in [0.1, 0.15) is 0 Å². The fourth-order valence-electron chi connectivity index (χ4n) is 1.68. The monoisotopic (exact) mass is 341 g/mol. The summed E-state index contributed by atoms with van der Waals surface area (Å²) in [7, 11) is -7.10. The first-order valence-corrected chi connectivity index (χ1v) is 9.49.